The molecule has 6 heteroatoms. The fourth-order valence-corrected chi connectivity index (χ4v) is 2.28. The lowest BCUT2D eigenvalue weighted by Crippen LogP contribution is -2.35. The third-order valence-electron chi connectivity index (χ3n) is 3.59. The van der Waals surface area contributed by atoms with Crippen LogP contribution in [0.4, 0.5) is 0 Å². The molecule has 1 amide bonds. The highest BCUT2D eigenvalue weighted by molar-refractivity contribution is 5.94. The predicted molar refractivity (Wildman–Crippen MR) is 91.9 cm³/mol. The van der Waals surface area contributed by atoms with Crippen LogP contribution in [0, 0.1) is 0 Å². The molecule has 0 radical (unpaired) electrons. The minimum absolute atomic E-state index is 0. The number of aromatic nitrogens is 1. The molecule has 22 heavy (non-hydrogen) atoms. The van der Waals surface area contributed by atoms with Gasteiger partial charge in [0.25, 0.3) is 5.91 Å². The number of rotatable bonds is 6. The van der Waals surface area contributed by atoms with Crippen LogP contribution >= 0.6 is 12.4 Å². The SMILES string of the molecule is CCN(CC)CCNC(=O)c1cc(=O)c2ccccc2[nH]1.Cl. The molecule has 0 spiro atoms. The van der Waals surface area contributed by atoms with Gasteiger partial charge >= 0.3 is 0 Å². The summed E-state index contributed by atoms with van der Waals surface area (Å²) >= 11 is 0. The molecule has 0 aliphatic rings. The molecule has 0 unspecified atom stereocenters. The van der Waals surface area contributed by atoms with E-state index in [9.17, 15) is 9.59 Å². The van der Waals surface area contributed by atoms with Gasteiger partial charge in [0.1, 0.15) is 5.69 Å². The summed E-state index contributed by atoms with van der Waals surface area (Å²) < 4.78 is 0. The normalized spacial score (nSPS) is 10.5. The number of carbonyl (C=O) groups is 1. The third kappa shape index (κ3) is 4.32. The van der Waals surface area contributed by atoms with Gasteiger partial charge in [-0.1, -0.05) is 26.0 Å². The summed E-state index contributed by atoms with van der Waals surface area (Å²) in [6.07, 6.45) is 0. The molecule has 2 rings (SSSR count). The van der Waals surface area contributed by atoms with Gasteiger partial charge in [-0.3, -0.25) is 9.59 Å². The van der Waals surface area contributed by atoms with Crippen LogP contribution in [0.1, 0.15) is 24.3 Å². The summed E-state index contributed by atoms with van der Waals surface area (Å²) in [5.41, 5.74) is 0.843. The number of benzene rings is 1. The van der Waals surface area contributed by atoms with Gasteiger partial charge in [0, 0.05) is 30.1 Å². The van der Waals surface area contributed by atoms with E-state index in [1.54, 1.807) is 18.2 Å². The van der Waals surface area contributed by atoms with Crippen molar-refractivity contribution in [3.05, 3.63) is 46.2 Å². The molecule has 0 aliphatic carbocycles. The third-order valence-corrected chi connectivity index (χ3v) is 3.59. The van der Waals surface area contributed by atoms with Gasteiger partial charge in [-0.25, -0.2) is 0 Å². The van der Waals surface area contributed by atoms with Crippen molar-refractivity contribution in [1.29, 1.82) is 0 Å². The summed E-state index contributed by atoms with van der Waals surface area (Å²) in [4.78, 5) is 29.3. The van der Waals surface area contributed by atoms with Crippen molar-refractivity contribution >= 4 is 29.2 Å². The summed E-state index contributed by atoms with van der Waals surface area (Å²) in [7, 11) is 0. The Balaban J connectivity index is 0.00000242. The molecule has 2 N–H and O–H groups in total. The number of amides is 1. The van der Waals surface area contributed by atoms with Crippen LogP contribution in [0.15, 0.2) is 35.1 Å². The quantitative estimate of drug-likeness (QED) is 0.855. The van der Waals surface area contributed by atoms with Crippen molar-refractivity contribution in [1.82, 2.24) is 15.2 Å². The number of hydrogen-bond donors (Lipinski definition) is 2. The second-order valence-electron chi connectivity index (χ2n) is 4.88. The Bertz CT molecular complexity index is 680. The van der Waals surface area contributed by atoms with Crippen molar-refractivity contribution < 1.29 is 4.79 Å². The summed E-state index contributed by atoms with van der Waals surface area (Å²) in [5, 5.41) is 3.43. The summed E-state index contributed by atoms with van der Waals surface area (Å²) in [6.45, 7) is 7.46. The molecule has 0 aliphatic heterocycles. The Labute approximate surface area is 136 Å². The number of hydrogen-bond acceptors (Lipinski definition) is 3. The van der Waals surface area contributed by atoms with Crippen LogP contribution in [0.2, 0.25) is 0 Å². The number of aromatic amines is 1. The van der Waals surface area contributed by atoms with Crippen molar-refractivity contribution in [3.63, 3.8) is 0 Å². The molecule has 5 nitrogen and oxygen atoms in total. The smallest absolute Gasteiger partial charge is 0.267 e. The van der Waals surface area contributed by atoms with Crippen LogP contribution in [0.5, 0.6) is 0 Å². The zero-order chi connectivity index (χ0) is 15.2. The van der Waals surface area contributed by atoms with Crippen molar-refractivity contribution in [2.24, 2.45) is 0 Å². The van der Waals surface area contributed by atoms with Gasteiger partial charge in [-0.15, -0.1) is 12.4 Å². The predicted octanol–water partition coefficient (Wildman–Crippen LogP) is 2.02. The highest BCUT2D eigenvalue weighted by atomic mass is 35.5. The van der Waals surface area contributed by atoms with Crippen LogP contribution in [0.25, 0.3) is 10.9 Å². The first kappa shape index (κ1) is 18.2. The molecule has 120 valence electrons. The maximum atomic E-state index is 12.1. The number of nitrogens with zero attached hydrogens (tertiary/aromatic N) is 1. The molecular formula is C16H22ClN3O2. The second-order valence-corrected chi connectivity index (χ2v) is 4.88. The molecule has 0 saturated carbocycles. The van der Waals surface area contributed by atoms with Gasteiger partial charge in [0.15, 0.2) is 5.43 Å². The van der Waals surface area contributed by atoms with Gasteiger partial charge in [0.2, 0.25) is 0 Å². The Morgan fingerprint density at radius 3 is 2.59 bits per heavy atom. The van der Waals surface area contributed by atoms with E-state index in [1.807, 2.05) is 6.07 Å². The van der Waals surface area contributed by atoms with Gasteiger partial charge in [0.05, 0.1) is 0 Å². The average molecular weight is 324 g/mol. The zero-order valence-corrected chi connectivity index (χ0v) is 13.7. The molecule has 0 atom stereocenters. The number of H-pyrrole nitrogens is 1. The largest absolute Gasteiger partial charge is 0.350 e. The van der Waals surface area contributed by atoms with E-state index < -0.39 is 0 Å². The minimum atomic E-state index is -0.245. The van der Waals surface area contributed by atoms with E-state index in [4.69, 9.17) is 0 Å². The zero-order valence-electron chi connectivity index (χ0n) is 12.9. The molecule has 0 fully saturated rings. The van der Waals surface area contributed by atoms with E-state index in [0.29, 0.717) is 23.1 Å². The minimum Gasteiger partial charge on any atom is -0.350 e. The topological polar surface area (TPSA) is 65.2 Å². The van der Waals surface area contributed by atoms with E-state index >= 15 is 0 Å². The van der Waals surface area contributed by atoms with Crippen molar-refractivity contribution in [3.8, 4) is 0 Å². The molecule has 1 aromatic carbocycles. The lowest BCUT2D eigenvalue weighted by atomic mass is 10.2. The molecule has 1 aromatic heterocycles. The van der Waals surface area contributed by atoms with E-state index in [1.165, 1.54) is 6.07 Å². The second kappa shape index (κ2) is 8.56. The van der Waals surface area contributed by atoms with Crippen LogP contribution < -0.4 is 10.7 Å². The maximum absolute atomic E-state index is 12.1. The molecule has 1 heterocycles. The monoisotopic (exact) mass is 323 g/mol. The Hall–Kier alpha value is -1.85. The highest BCUT2D eigenvalue weighted by Gasteiger charge is 2.09. The standard InChI is InChI=1S/C16H21N3O2.ClH/c1-3-19(4-2)10-9-17-16(21)14-11-15(20)12-7-5-6-8-13(12)18-14;/h5-8,11H,3-4,9-10H2,1-2H3,(H,17,21)(H,18,20);1H. The number of halogens is 1. The fraction of sp³-hybridized carbons (Fsp3) is 0.375. The molecule has 0 saturated heterocycles. The first-order chi connectivity index (χ1) is 10.2. The Kier molecular flexibility index (Phi) is 7.08. The number of nitrogens with one attached hydrogen (secondary N) is 2. The number of carbonyl (C=O) groups excluding carboxylic acids is 1. The molecule has 2 aromatic rings. The van der Waals surface area contributed by atoms with Crippen LogP contribution in [-0.2, 0) is 0 Å². The first-order valence-corrected chi connectivity index (χ1v) is 7.28. The van der Waals surface area contributed by atoms with E-state index in [2.05, 4.69) is 29.0 Å². The number of para-hydroxylation sites is 1. The lowest BCUT2D eigenvalue weighted by molar-refractivity contribution is 0.0944. The molecule has 0 bridgehead atoms. The van der Waals surface area contributed by atoms with Crippen molar-refractivity contribution in [2.75, 3.05) is 26.2 Å². The van der Waals surface area contributed by atoms with Gasteiger partial charge in [-0.05, 0) is 25.2 Å². The molecular weight excluding hydrogens is 302 g/mol. The van der Waals surface area contributed by atoms with Crippen molar-refractivity contribution in [2.45, 2.75) is 13.8 Å². The summed E-state index contributed by atoms with van der Waals surface area (Å²) in [6, 6.07) is 8.54. The summed E-state index contributed by atoms with van der Waals surface area (Å²) in [5.74, 6) is -0.245. The van der Waals surface area contributed by atoms with E-state index in [0.717, 1.165) is 19.6 Å². The van der Waals surface area contributed by atoms with Crippen LogP contribution in [0.3, 0.4) is 0 Å². The average Bonchev–Trinajstić information content (AvgIpc) is 2.51. The first-order valence-electron chi connectivity index (χ1n) is 7.28. The number of pyridine rings is 1. The highest BCUT2D eigenvalue weighted by Crippen LogP contribution is 2.07. The van der Waals surface area contributed by atoms with Crippen LogP contribution in [-0.4, -0.2) is 42.0 Å². The lowest BCUT2D eigenvalue weighted by Gasteiger charge is -2.17. The van der Waals surface area contributed by atoms with E-state index in [-0.39, 0.29) is 23.7 Å². The van der Waals surface area contributed by atoms with Gasteiger partial charge in [-0.2, -0.15) is 0 Å². The van der Waals surface area contributed by atoms with Gasteiger partial charge < -0.3 is 15.2 Å². The number of fused-ring (bicyclic) bond motifs is 1. The Morgan fingerprint density at radius 1 is 1.23 bits per heavy atom. The number of likely N-dealkylation sites (N-methyl/N-ethyl adjacent to an activating group) is 1. The maximum Gasteiger partial charge on any atom is 0.267 e. The fourth-order valence-electron chi connectivity index (χ4n) is 2.28. The Morgan fingerprint density at radius 2 is 1.91 bits per heavy atom.